The van der Waals surface area contributed by atoms with Crippen molar-refractivity contribution in [3.05, 3.63) is 33.5 Å². The SMILES string of the molecule is CC1(C)N(O)C(C2C=CC(Br)=C[N-]2)=[N+](O)C1(C)C.CC1(C)N(O)C(C2CCC(Br)C[N-]2)=[N+](O)C1(C)C.OC(CC(O)C(F)(F)F)C(F)(F)F.OC(CC(O)C(F)(F)F)C(F)(F)F.OC(CC(O)C(F)(F)F)C(F)(F)F.OC(CC(O)C(F)(F)F)C(F)(F)F.OC(CC(O)C(F)(F)F)C(F)(F)F.OC(CC(O)C(F)(F)F)C(F)(F)F.[Cu+].[Cu+].[Cu]. The van der Waals surface area contributed by atoms with Gasteiger partial charge in [-0.3, -0.25) is 0 Å². The third kappa shape index (κ3) is 43.6. The number of piperidine rings is 1. The van der Waals surface area contributed by atoms with Gasteiger partial charge in [-0.25, -0.2) is 10.4 Å². The van der Waals surface area contributed by atoms with E-state index in [0.29, 0.717) is 16.5 Å². The van der Waals surface area contributed by atoms with Crippen molar-refractivity contribution >= 4 is 43.5 Å². The van der Waals surface area contributed by atoms with Gasteiger partial charge in [0.1, 0.15) is 0 Å². The molecule has 0 aliphatic carbocycles. The second-order valence-corrected chi connectivity index (χ2v) is 28.0. The number of hydroxylamine groups is 6. The molecule has 0 aromatic carbocycles. The number of halogens is 38. The van der Waals surface area contributed by atoms with Gasteiger partial charge in [-0.15, -0.1) is 16.7 Å². The molecular formula is C54H76Br2Cu3F36N6O16+2. The number of alkyl halides is 37. The van der Waals surface area contributed by atoms with Crippen LogP contribution in [0.5, 0.6) is 0 Å². The molecule has 0 saturated carbocycles. The molecule has 4 aliphatic heterocycles. The molecule has 0 aromatic heterocycles. The summed E-state index contributed by atoms with van der Waals surface area (Å²) in [5.74, 6) is 0.877. The Balaban J connectivity index is -0.000000237. The van der Waals surface area contributed by atoms with Gasteiger partial charge in [0.2, 0.25) is 0 Å². The van der Waals surface area contributed by atoms with E-state index in [4.69, 9.17) is 61.3 Å². The van der Waals surface area contributed by atoms with E-state index in [1.54, 1.807) is 6.20 Å². The number of amidine groups is 2. The summed E-state index contributed by atoms with van der Waals surface area (Å²) in [6, 6.07) is -0.516. The molecule has 15 atom stereocenters. The zero-order valence-corrected chi connectivity index (χ0v) is 65.4. The van der Waals surface area contributed by atoms with Gasteiger partial charge in [0.25, 0.3) is 5.84 Å². The summed E-state index contributed by atoms with van der Waals surface area (Å²) in [4.78, 5) is 0.413. The van der Waals surface area contributed by atoms with Crippen molar-refractivity contribution in [1.82, 2.24) is 10.1 Å². The Labute approximate surface area is 685 Å². The van der Waals surface area contributed by atoms with E-state index in [9.17, 15) is 179 Å². The third-order valence-electron chi connectivity index (χ3n) is 15.8. The molecule has 0 spiro atoms. The summed E-state index contributed by atoms with van der Waals surface area (Å²) in [7, 11) is 0. The molecule has 63 heteroatoms. The van der Waals surface area contributed by atoms with Crippen molar-refractivity contribution < 1.29 is 301 Å². The maximum atomic E-state index is 11.5. The van der Waals surface area contributed by atoms with Crippen LogP contribution in [0.4, 0.5) is 158 Å². The van der Waals surface area contributed by atoms with E-state index in [0.717, 1.165) is 33.7 Å². The summed E-state index contributed by atoms with van der Waals surface area (Å²) in [6.45, 7) is 15.9. The molecule has 1 saturated heterocycles. The van der Waals surface area contributed by atoms with Crippen LogP contribution in [-0.4, -0.2) is 306 Å². The van der Waals surface area contributed by atoms with E-state index in [1.807, 2.05) is 67.5 Å². The predicted molar refractivity (Wildman–Crippen MR) is 317 cm³/mol. The van der Waals surface area contributed by atoms with E-state index in [1.165, 1.54) is 9.80 Å². The first-order chi connectivity index (χ1) is 49.7. The Bertz CT molecular complexity index is 2580. The number of hydrogen-bond acceptors (Lipinski definition) is 18. The molecule has 4 heterocycles. The summed E-state index contributed by atoms with van der Waals surface area (Å²) in [5, 5.41) is 150. The number of aliphatic hydroxyl groups excluding tert-OH is 12. The molecule has 0 aromatic rings. The van der Waals surface area contributed by atoms with Crippen LogP contribution in [0.25, 0.3) is 10.6 Å². The minimum Gasteiger partial charge on any atom is -0.674 e. The predicted octanol–water partition coefficient (Wildman–Crippen LogP) is 12.3. The average molecular weight is 2100 g/mol. The van der Waals surface area contributed by atoms with Crippen LogP contribution >= 0.6 is 31.9 Å². The van der Waals surface area contributed by atoms with E-state index in [-0.39, 0.29) is 63.3 Å². The first-order valence-electron chi connectivity index (χ1n) is 30.4. The number of rotatable bonds is 14. The Kier molecular flexibility index (Phi) is 51.7. The number of hydrogen-bond donors (Lipinski definition) is 16. The van der Waals surface area contributed by atoms with Gasteiger partial charge < -0.3 is 82.3 Å². The van der Waals surface area contributed by atoms with Crippen molar-refractivity contribution in [3.8, 4) is 0 Å². The largest absolute Gasteiger partial charge is 1.00 e. The molecule has 1 fully saturated rings. The molecule has 0 bridgehead atoms. The summed E-state index contributed by atoms with van der Waals surface area (Å²) in [5.41, 5.74) is -2.34. The fourth-order valence-corrected chi connectivity index (χ4v) is 8.02. The Hall–Kier alpha value is -2.78. The van der Waals surface area contributed by atoms with Gasteiger partial charge in [0, 0.05) is 61.6 Å². The van der Waals surface area contributed by atoms with E-state index >= 15 is 0 Å². The van der Waals surface area contributed by atoms with Crippen LogP contribution in [0, 0.1) is 0 Å². The summed E-state index contributed by atoms with van der Waals surface area (Å²) in [6.07, 6.45) is -103. The van der Waals surface area contributed by atoms with Crippen LogP contribution in [0.1, 0.15) is 107 Å². The van der Waals surface area contributed by atoms with Crippen LogP contribution in [0.15, 0.2) is 22.8 Å². The van der Waals surface area contributed by atoms with E-state index in [2.05, 4.69) is 42.5 Å². The number of aliphatic hydroxyl groups is 12. The van der Waals surface area contributed by atoms with E-state index < -0.39 is 208 Å². The molecule has 117 heavy (non-hydrogen) atoms. The molecule has 715 valence electrons. The van der Waals surface area contributed by atoms with Crippen LogP contribution in [0.3, 0.4) is 0 Å². The summed E-state index contributed by atoms with van der Waals surface area (Å²) < 4.78 is 416. The second kappa shape index (κ2) is 47.5. The van der Waals surface area contributed by atoms with Gasteiger partial charge in [-0.05, 0) is 77.2 Å². The van der Waals surface area contributed by atoms with Gasteiger partial charge >= 0.3 is 114 Å². The van der Waals surface area contributed by atoms with Gasteiger partial charge in [0.15, 0.2) is 95.4 Å². The zero-order chi connectivity index (χ0) is 92.6. The maximum absolute atomic E-state index is 11.5. The molecule has 4 rings (SSSR count). The smallest absolute Gasteiger partial charge is 0.674 e. The molecule has 4 aliphatic rings. The zero-order valence-electron chi connectivity index (χ0n) is 59.4. The molecular weight excluding hydrogens is 2020 g/mol. The third-order valence-corrected chi connectivity index (χ3v) is 17.0. The van der Waals surface area contributed by atoms with Gasteiger partial charge in [0.05, 0.1) is 0 Å². The summed E-state index contributed by atoms with van der Waals surface area (Å²) >= 11 is 6.86. The molecule has 16 N–H and O–H groups in total. The Morgan fingerprint density at radius 1 is 0.368 bits per heavy atom. The van der Waals surface area contributed by atoms with Crippen molar-refractivity contribution in [2.75, 3.05) is 6.54 Å². The normalized spacial score (nSPS) is 22.2. The van der Waals surface area contributed by atoms with Crippen LogP contribution < -0.4 is 0 Å². The molecule has 0 amide bonds. The minimum atomic E-state index is -5.15. The van der Waals surface area contributed by atoms with Gasteiger partial charge in [-0.2, -0.15) is 164 Å². The van der Waals surface area contributed by atoms with Gasteiger partial charge in [-0.1, -0.05) is 59.9 Å². The second-order valence-electron chi connectivity index (χ2n) is 25.8. The Morgan fingerprint density at radius 2 is 0.547 bits per heavy atom. The van der Waals surface area contributed by atoms with Crippen molar-refractivity contribution in [2.24, 2.45) is 0 Å². The fourth-order valence-electron chi connectivity index (χ4n) is 7.32. The first-order valence-corrected chi connectivity index (χ1v) is 32.1. The quantitative estimate of drug-likeness (QED) is 0.0252. The average Bonchev–Trinajstić information content (AvgIpc) is 1.58. The van der Waals surface area contributed by atoms with Crippen molar-refractivity contribution in [3.63, 3.8) is 0 Å². The maximum Gasteiger partial charge on any atom is 1.00 e. The van der Waals surface area contributed by atoms with Crippen molar-refractivity contribution in [2.45, 2.75) is 293 Å². The van der Waals surface area contributed by atoms with Crippen molar-refractivity contribution in [1.29, 1.82) is 0 Å². The monoisotopic (exact) mass is 2100 g/mol. The number of nitrogens with zero attached hydrogens (tertiary/aromatic N) is 6. The Morgan fingerprint density at radius 3 is 0.675 bits per heavy atom. The molecule has 15 unspecified atom stereocenters. The minimum absolute atomic E-state index is 0. The first kappa shape index (κ1) is 127. The van der Waals surface area contributed by atoms with Crippen LogP contribution in [0.2, 0.25) is 0 Å². The molecule has 22 nitrogen and oxygen atoms in total. The fraction of sp³-hybridized carbons (Fsp3) is 0.889. The number of allylic oxidation sites excluding steroid dienone is 2. The standard InChI is InChI=1S/C12H22BrN3O2.C12H18BrN3O2.6C5H6F6O2.3Cu/c2*1-11(2)12(3,4)16(18)10(15(11)17)9-6-5-8(13)7-14-9;6*6-4(7,8)2(12)1-3(13)5(9,10)11;;;/h8-9,17-18H,5-7H2,1-4H3;5-7,9,17-18H,1-4H3;6*2-3,12-13H,1H2;;;/q;;;;;;;;;2*+1. The van der Waals surface area contributed by atoms with Crippen LogP contribution in [-0.2, 0) is 51.2 Å². The topological polar surface area (TPSA) is 364 Å². The molecule has 1 radical (unpaired) electrons.